The molecule has 0 unspecified atom stereocenters. The Morgan fingerprint density at radius 3 is 2.48 bits per heavy atom. The van der Waals surface area contributed by atoms with Crippen LogP contribution in [0.1, 0.15) is 44.7 Å². The lowest BCUT2D eigenvalue weighted by Gasteiger charge is -2.35. The summed E-state index contributed by atoms with van der Waals surface area (Å²) in [6.45, 7) is 4.29. The van der Waals surface area contributed by atoms with Gasteiger partial charge in [0.2, 0.25) is 5.91 Å². The highest BCUT2D eigenvalue weighted by Crippen LogP contribution is 2.31. The number of rotatable bonds is 4. The third-order valence-electron chi connectivity index (χ3n) is 5.77. The van der Waals surface area contributed by atoms with E-state index in [4.69, 9.17) is 0 Å². The Bertz CT molecular complexity index is 767. The fourth-order valence-corrected chi connectivity index (χ4v) is 4.33. The van der Waals surface area contributed by atoms with Crippen molar-refractivity contribution in [1.29, 1.82) is 0 Å². The van der Waals surface area contributed by atoms with Crippen molar-refractivity contribution in [2.45, 2.75) is 57.7 Å². The van der Waals surface area contributed by atoms with Gasteiger partial charge in [-0.1, -0.05) is 6.92 Å². The van der Waals surface area contributed by atoms with E-state index < -0.39 is 0 Å². The van der Waals surface area contributed by atoms with Crippen LogP contribution in [0.2, 0.25) is 0 Å². The van der Waals surface area contributed by atoms with E-state index in [0.717, 1.165) is 49.0 Å². The van der Waals surface area contributed by atoms with Gasteiger partial charge in [-0.25, -0.2) is 4.79 Å². The Balaban J connectivity index is 1.82. The van der Waals surface area contributed by atoms with E-state index in [1.165, 1.54) is 7.05 Å². The molecule has 1 aromatic rings. The van der Waals surface area contributed by atoms with Gasteiger partial charge < -0.3 is 4.90 Å². The largest absolute Gasteiger partial charge is 0.338 e. The summed E-state index contributed by atoms with van der Waals surface area (Å²) in [6, 6.07) is 2.14. The van der Waals surface area contributed by atoms with E-state index in [1.807, 2.05) is 11.8 Å². The molecule has 0 aromatic carbocycles. The molecule has 3 rings (SSSR count). The molecule has 0 saturated carbocycles. The van der Waals surface area contributed by atoms with Crippen LogP contribution in [0, 0.1) is 0 Å². The van der Waals surface area contributed by atoms with Gasteiger partial charge in [-0.3, -0.25) is 23.6 Å². The maximum atomic E-state index is 12.2. The molecule has 0 N–H and O–H groups in total. The van der Waals surface area contributed by atoms with Crippen LogP contribution in [0.5, 0.6) is 0 Å². The van der Waals surface area contributed by atoms with Crippen molar-refractivity contribution in [3.63, 3.8) is 0 Å². The maximum Gasteiger partial charge on any atom is 0.330 e. The zero-order chi connectivity index (χ0) is 18.1. The fourth-order valence-electron chi connectivity index (χ4n) is 4.33. The predicted octanol–water partition coefficient (Wildman–Crippen LogP) is 0.449. The van der Waals surface area contributed by atoms with Gasteiger partial charge in [0.15, 0.2) is 0 Å². The van der Waals surface area contributed by atoms with Crippen LogP contribution in [-0.2, 0) is 25.4 Å². The van der Waals surface area contributed by atoms with Crippen molar-refractivity contribution in [1.82, 2.24) is 18.9 Å². The van der Waals surface area contributed by atoms with E-state index in [2.05, 4.69) is 4.90 Å². The Hall–Kier alpha value is -1.89. The number of carbonyl (C=O) groups is 1. The number of likely N-dealkylation sites (tertiary alicyclic amines) is 2. The summed E-state index contributed by atoms with van der Waals surface area (Å²) >= 11 is 0. The van der Waals surface area contributed by atoms with E-state index in [0.29, 0.717) is 19.0 Å². The summed E-state index contributed by atoms with van der Waals surface area (Å²) < 4.78 is 2.68. The summed E-state index contributed by atoms with van der Waals surface area (Å²) in [5, 5.41) is 0. The van der Waals surface area contributed by atoms with Gasteiger partial charge in [0.25, 0.3) is 5.56 Å². The molecule has 2 aliphatic heterocycles. The van der Waals surface area contributed by atoms with E-state index in [9.17, 15) is 14.4 Å². The van der Waals surface area contributed by atoms with Gasteiger partial charge in [0.1, 0.15) is 0 Å². The zero-order valence-electron chi connectivity index (χ0n) is 15.4. The van der Waals surface area contributed by atoms with Crippen molar-refractivity contribution in [2.24, 2.45) is 14.1 Å². The lowest BCUT2D eigenvalue weighted by atomic mass is 10.0. The summed E-state index contributed by atoms with van der Waals surface area (Å²) in [5.74, 6) is 0.232. The van der Waals surface area contributed by atoms with Crippen molar-refractivity contribution in [2.75, 3.05) is 13.1 Å². The second-order valence-electron chi connectivity index (χ2n) is 7.20. The number of aromatic nitrogens is 2. The molecular weight excluding hydrogens is 320 g/mol. The van der Waals surface area contributed by atoms with Crippen LogP contribution < -0.4 is 11.2 Å². The minimum atomic E-state index is -0.290. The first kappa shape index (κ1) is 17.9. The standard InChI is InChI=1S/C18H28N4O3/c1-4-16(23)22-10-6-8-15(22)14-7-5-9-21(14)12-13-11-17(24)20(3)18(25)19(13)2/h11,14-15H,4-10,12H2,1-3H3/t14-,15-/m0/s1. The predicted molar refractivity (Wildman–Crippen MR) is 95.4 cm³/mol. The monoisotopic (exact) mass is 348 g/mol. The van der Waals surface area contributed by atoms with E-state index >= 15 is 0 Å². The normalized spacial score (nSPS) is 24.2. The first-order valence-corrected chi connectivity index (χ1v) is 9.23. The Morgan fingerprint density at radius 1 is 1.08 bits per heavy atom. The summed E-state index contributed by atoms with van der Waals surface area (Å²) in [6.07, 6.45) is 4.81. The molecule has 0 radical (unpaired) electrons. The minimum Gasteiger partial charge on any atom is -0.338 e. The maximum absolute atomic E-state index is 12.2. The van der Waals surface area contributed by atoms with Crippen LogP contribution in [0.3, 0.4) is 0 Å². The lowest BCUT2D eigenvalue weighted by Crippen LogP contribution is -2.48. The molecule has 2 atom stereocenters. The molecule has 1 aromatic heterocycles. The van der Waals surface area contributed by atoms with Crippen LogP contribution >= 0.6 is 0 Å². The average Bonchev–Trinajstić information content (AvgIpc) is 3.25. The number of nitrogens with zero attached hydrogens (tertiary/aromatic N) is 4. The molecule has 7 heteroatoms. The molecule has 0 aliphatic carbocycles. The third kappa shape index (κ3) is 3.29. The van der Waals surface area contributed by atoms with Gasteiger partial charge in [0, 0.05) is 57.4 Å². The number of hydrogen-bond acceptors (Lipinski definition) is 4. The topological polar surface area (TPSA) is 67.6 Å². The Labute approximate surface area is 147 Å². The highest BCUT2D eigenvalue weighted by Gasteiger charge is 2.39. The minimum absolute atomic E-state index is 0.232. The van der Waals surface area contributed by atoms with E-state index in [-0.39, 0.29) is 23.2 Å². The molecule has 2 aliphatic rings. The molecule has 3 heterocycles. The molecule has 25 heavy (non-hydrogen) atoms. The first-order chi connectivity index (χ1) is 11.9. The Kier molecular flexibility index (Phi) is 5.13. The lowest BCUT2D eigenvalue weighted by molar-refractivity contribution is -0.132. The Morgan fingerprint density at radius 2 is 1.76 bits per heavy atom. The fraction of sp³-hybridized carbons (Fsp3) is 0.722. The van der Waals surface area contributed by atoms with Crippen LogP contribution in [0.15, 0.2) is 15.7 Å². The highest BCUT2D eigenvalue weighted by atomic mass is 16.2. The number of hydrogen-bond donors (Lipinski definition) is 0. The first-order valence-electron chi connectivity index (χ1n) is 9.23. The van der Waals surface area contributed by atoms with E-state index in [1.54, 1.807) is 17.7 Å². The number of carbonyl (C=O) groups excluding carboxylic acids is 1. The van der Waals surface area contributed by atoms with Gasteiger partial charge in [-0.2, -0.15) is 0 Å². The van der Waals surface area contributed by atoms with Crippen molar-refractivity contribution >= 4 is 5.91 Å². The van der Waals surface area contributed by atoms with Crippen LogP contribution in [-0.4, -0.2) is 50.0 Å². The van der Waals surface area contributed by atoms with Gasteiger partial charge >= 0.3 is 5.69 Å². The van der Waals surface area contributed by atoms with Crippen molar-refractivity contribution in [3.05, 3.63) is 32.6 Å². The van der Waals surface area contributed by atoms with Gasteiger partial charge in [0.05, 0.1) is 0 Å². The quantitative estimate of drug-likeness (QED) is 0.792. The third-order valence-corrected chi connectivity index (χ3v) is 5.77. The van der Waals surface area contributed by atoms with Crippen molar-refractivity contribution in [3.8, 4) is 0 Å². The van der Waals surface area contributed by atoms with Crippen LogP contribution in [0.25, 0.3) is 0 Å². The summed E-state index contributed by atoms with van der Waals surface area (Å²) in [5.41, 5.74) is 0.186. The van der Waals surface area contributed by atoms with Crippen LogP contribution in [0.4, 0.5) is 0 Å². The molecular formula is C18H28N4O3. The second kappa shape index (κ2) is 7.15. The molecule has 2 fully saturated rings. The van der Waals surface area contributed by atoms with Crippen molar-refractivity contribution < 1.29 is 4.79 Å². The SMILES string of the molecule is CCC(=O)N1CCC[C@H]1[C@@H]1CCCN1Cc1cc(=O)n(C)c(=O)n1C. The summed E-state index contributed by atoms with van der Waals surface area (Å²) in [4.78, 5) is 40.8. The molecule has 7 nitrogen and oxygen atoms in total. The van der Waals surface area contributed by atoms with Gasteiger partial charge in [-0.05, 0) is 32.2 Å². The number of amides is 1. The molecule has 1 amide bonds. The highest BCUT2D eigenvalue weighted by molar-refractivity contribution is 5.76. The second-order valence-corrected chi connectivity index (χ2v) is 7.20. The zero-order valence-corrected chi connectivity index (χ0v) is 15.4. The molecule has 0 bridgehead atoms. The van der Waals surface area contributed by atoms with Gasteiger partial charge in [-0.15, -0.1) is 0 Å². The molecule has 138 valence electrons. The summed E-state index contributed by atoms with van der Waals surface area (Å²) in [7, 11) is 3.21. The molecule has 0 spiro atoms. The average molecular weight is 348 g/mol. The smallest absolute Gasteiger partial charge is 0.330 e. The molecule has 2 saturated heterocycles.